The number of rotatable bonds is 3. The highest BCUT2D eigenvalue weighted by atomic mass is 16.5. The van der Waals surface area contributed by atoms with Crippen LogP contribution in [0.15, 0.2) is 10.6 Å². The maximum atomic E-state index is 9.28. The van der Waals surface area contributed by atoms with Gasteiger partial charge in [0, 0.05) is 18.7 Å². The molecule has 2 rings (SSSR count). The van der Waals surface area contributed by atoms with Gasteiger partial charge in [0.25, 0.3) is 0 Å². The molecule has 4 heteroatoms. The van der Waals surface area contributed by atoms with Gasteiger partial charge in [-0.1, -0.05) is 5.16 Å². The Morgan fingerprint density at radius 1 is 1.69 bits per heavy atom. The predicted molar refractivity (Wildman–Crippen MR) is 47.1 cm³/mol. The van der Waals surface area contributed by atoms with E-state index >= 15 is 0 Å². The van der Waals surface area contributed by atoms with Crippen molar-refractivity contribution in [3.63, 3.8) is 0 Å². The minimum absolute atomic E-state index is 0.173. The highest BCUT2D eigenvalue weighted by Crippen LogP contribution is 2.19. The average Bonchev–Trinajstić information content (AvgIpc) is 2.49. The van der Waals surface area contributed by atoms with E-state index in [1.807, 2.05) is 13.0 Å². The lowest BCUT2D eigenvalue weighted by molar-refractivity contribution is 0.0490. The van der Waals surface area contributed by atoms with Crippen LogP contribution < -0.4 is 5.32 Å². The SMILES string of the molecule is Cc1cc(CNC2CCC2O)no1. The highest BCUT2D eigenvalue weighted by Gasteiger charge is 2.28. The number of nitrogens with one attached hydrogen (secondary N) is 1. The van der Waals surface area contributed by atoms with Gasteiger partial charge in [0.15, 0.2) is 0 Å². The third-order valence-electron chi connectivity index (χ3n) is 2.46. The molecular formula is C9H14N2O2. The first-order valence-corrected chi connectivity index (χ1v) is 4.59. The van der Waals surface area contributed by atoms with Gasteiger partial charge in [-0.05, 0) is 19.8 Å². The number of hydrogen-bond donors (Lipinski definition) is 2. The van der Waals surface area contributed by atoms with E-state index in [2.05, 4.69) is 10.5 Å². The summed E-state index contributed by atoms with van der Waals surface area (Å²) >= 11 is 0. The molecule has 2 atom stereocenters. The van der Waals surface area contributed by atoms with E-state index in [-0.39, 0.29) is 12.1 Å². The lowest BCUT2D eigenvalue weighted by Crippen LogP contribution is -2.47. The van der Waals surface area contributed by atoms with Crippen LogP contribution in [0.4, 0.5) is 0 Å². The van der Waals surface area contributed by atoms with Gasteiger partial charge < -0.3 is 14.9 Å². The van der Waals surface area contributed by atoms with Gasteiger partial charge in [0.2, 0.25) is 0 Å². The van der Waals surface area contributed by atoms with Crippen LogP contribution in [0.2, 0.25) is 0 Å². The monoisotopic (exact) mass is 182 g/mol. The number of aryl methyl sites for hydroxylation is 1. The summed E-state index contributed by atoms with van der Waals surface area (Å²) in [6.45, 7) is 2.55. The fourth-order valence-corrected chi connectivity index (χ4v) is 1.46. The zero-order chi connectivity index (χ0) is 9.26. The quantitative estimate of drug-likeness (QED) is 0.718. The molecule has 2 unspecified atom stereocenters. The van der Waals surface area contributed by atoms with Gasteiger partial charge in [-0.3, -0.25) is 0 Å². The van der Waals surface area contributed by atoms with E-state index in [1.165, 1.54) is 0 Å². The fraction of sp³-hybridized carbons (Fsp3) is 0.667. The summed E-state index contributed by atoms with van der Waals surface area (Å²) < 4.78 is 4.92. The Bertz CT molecular complexity index is 285. The van der Waals surface area contributed by atoms with E-state index in [0.29, 0.717) is 6.54 Å². The van der Waals surface area contributed by atoms with Crippen LogP contribution in [-0.4, -0.2) is 22.4 Å². The molecule has 1 aromatic rings. The third-order valence-corrected chi connectivity index (χ3v) is 2.46. The molecule has 0 spiro atoms. The summed E-state index contributed by atoms with van der Waals surface area (Å²) in [5.74, 6) is 0.825. The van der Waals surface area contributed by atoms with Crippen molar-refractivity contribution in [2.45, 2.75) is 38.5 Å². The van der Waals surface area contributed by atoms with Gasteiger partial charge in [-0.2, -0.15) is 0 Å². The van der Waals surface area contributed by atoms with E-state index in [4.69, 9.17) is 4.52 Å². The predicted octanol–water partition coefficient (Wildman–Crippen LogP) is 0.596. The molecule has 4 nitrogen and oxygen atoms in total. The average molecular weight is 182 g/mol. The van der Waals surface area contributed by atoms with Gasteiger partial charge >= 0.3 is 0 Å². The maximum Gasteiger partial charge on any atom is 0.133 e. The Morgan fingerprint density at radius 2 is 2.54 bits per heavy atom. The molecule has 0 amide bonds. The highest BCUT2D eigenvalue weighted by molar-refractivity contribution is 5.03. The molecule has 1 aliphatic carbocycles. The lowest BCUT2D eigenvalue weighted by atomic mass is 9.89. The van der Waals surface area contributed by atoms with E-state index in [0.717, 1.165) is 24.3 Å². The van der Waals surface area contributed by atoms with Crippen molar-refractivity contribution in [1.82, 2.24) is 10.5 Å². The van der Waals surface area contributed by atoms with Crippen molar-refractivity contribution in [2.75, 3.05) is 0 Å². The topological polar surface area (TPSA) is 58.3 Å². The Hall–Kier alpha value is -0.870. The first-order valence-electron chi connectivity index (χ1n) is 4.59. The molecule has 1 aromatic heterocycles. The van der Waals surface area contributed by atoms with Crippen molar-refractivity contribution < 1.29 is 9.63 Å². The Morgan fingerprint density at radius 3 is 3.00 bits per heavy atom. The summed E-state index contributed by atoms with van der Waals surface area (Å²) in [4.78, 5) is 0. The zero-order valence-corrected chi connectivity index (χ0v) is 7.66. The van der Waals surface area contributed by atoms with Crippen molar-refractivity contribution in [3.05, 3.63) is 17.5 Å². The Balaban J connectivity index is 1.79. The molecule has 1 fully saturated rings. The van der Waals surface area contributed by atoms with Crippen LogP contribution in [0.5, 0.6) is 0 Å². The van der Waals surface area contributed by atoms with Crippen molar-refractivity contribution in [2.24, 2.45) is 0 Å². The summed E-state index contributed by atoms with van der Waals surface area (Å²) in [7, 11) is 0. The number of nitrogens with zero attached hydrogens (tertiary/aromatic N) is 1. The van der Waals surface area contributed by atoms with Crippen LogP contribution >= 0.6 is 0 Å². The van der Waals surface area contributed by atoms with Crippen LogP contribution in [-0.2, 0) is 6.54 Å². The number of aromatic nitrogens is 1. The largest absolute Gasteiger partial charge is 0.392 e. The molecule has 0 bridgehead atoms. The Kier molecular flexibility index (Phi) is 2.33. The second kappa shape index (κ2) is 3.47. The van der Waals surface area contributed by atoms with Gasteiger partial charge in [0.05, 0.1) is 11.8 Å². The maximum absolute atomic E-state index is 9.28. The van der Waals surface area contributed by atoms with E-state index in [1.54, 1.807) is 0 Å². The molecule has 13 heavy (non-hydrogen) atoms. The first kappa shape index (κ1) is 8.72. The van der Waals surface area contributed by atoms with Crippen molar-refractivity contribution in [1.29, 1.82) is 0 Å². The first-order chi connectivity index (χ1) is 6.25. The lowest BCUT2D eigenvalue weighted by Gasteiger charge is -2.32. The molecule has 0 aromatic carbocycles. The molecule has 0 radical (unpaired) electrons. The molecule has 72 valence electrons. The van der Waals surface area contributed by atoms with Crippen molar-refractivity contribution >= 4 is 0 Å². The standard InChI is InChI=1S/C9H14N2O2/c1-6-4-7(11-13-6)5-10-8-2-3-9(8)12/h4,8-10,12H,2-3,5H2,1H3. The number of aliphatic hydroxyl groups excluding tert-OH is 1. The summed E-state index contributed by atoms with van der Waals surface area (Å²) in [6, 6.07) is 2.15. The number of hydrogen-bond acceptors (Lipinski definition) is 4. The molecule has 0 saturated heterocycles. The van der Waals surface area contributed by atoms with Crippen molar-refractivity contribution in [3.8, 4) is 0 Å². The molecule has 1 aliphatic rings. The summed E-state index contributed by atoms with van der Waals surface area (Å²) in [6.07, 6.45) is 1.79. The van der Waals surface area contributed by atoms with E-state index < -0.39 is 0 Å². The van der Waals surface area contributed by atoms with Crippen LogP contribution in [0.1, 0.15) is 24.3 Å². The molecule has 2 N–H and O–H groups in total. The fourth-order valence-electron chi connectivity index (χ4n) is 1.46. The second-order valence-corrected chi connectivity index (χ2v) is 3.56. The number of aliphatic hydroxyl groups is 1. The molecule has 1 heterocycles. The van der Waals surface area contributed by atoms with Gasteiger partial charge in [-0.15, -0.1) is 0 Å². The molecule has 0 aliphatic heterocycles. The van der Waals surface area contributed by atoms with Gasteiger partial charge in [0.1, 0.15) is 5.76 Å². The molecule has 1 saturated carbocycles. The summed E-state index contributed by atoms with van der Waals surface area (Å²) in [5.41, 5.74) is 0.900. The minimum atomic E-state index is -0.173. The van der Waals surface area contributed by atoms with E-state index in [9.17, 15) is 5.11 Å². The van der Waals surface area contributed by atoms with Crippen LogP contribution in [0.3, 0.4) is 0 Å². The smallest absolute Gasteiger partial charge is 0.133 e. The van der Waals surface area contributed by atoms with Gasteiger partial charge in [-0.25, -0.2) is 0 Å². The molecular weight excluding hydrogens is 168 g/mol. The van der Waals surface area contributed by atoms with Crippen LogP contribution in [0.25, 0.3) is 0 Å². The normalized spacial score (nSPS) is 27.2. The minimum Gasteiger partial charge on any atom is -0.392 e. The Labute approximate surface area is 76.9 Å². The zero-order valence-electron chi connectivity index (χ0n) is 7.66. The summed E-state index contributed by atoms with van der Waals surface area (Å²) in [5, 5.41) is 16.4. The second-order valence-electron chi connectivity index (χ2n) is 3.56. The third kappa shape index (κ3) is 1.89. The van der Waals surface area contributed by atoms with Crippen LogP contribution in [0, 0.1) is 6.92 Å².